The summed E-state index contributed by atoms with van der Waals surface area (Å²) in [6.07, 6.45) is 0.676. The molecule has 1 heterocycles. The second kappa shape index (κ2) is 5.83. The lowest BCUT2D eigenvalue weighted by atomic mass is 10.2. The minimum atomic E-state index is -0.565. The predicted molar refractivity (Wildman–Crippen MR) is 65.9 cm³/mol. The van der Waals surface area contributed by atoms with Gasteiger partial charge in [0.05, 0.1) is 16.2 Å². The maximum absolute atomic E-state index is 10.6. The Morgan fingerprint density at radius 1 is 1.69 bits per heavy atom. The molecule has 0 aromatic carbocycles. The first-order valence-electron chi connectivity index (χ1n) is 4.42. The van der Waals surface area contributed by atoms with Crippen molar-refractivity contribution in [1.29, 1.82) is 0 Å². The van der Waals surface area contributed by atoms with Gasteiger partial charge in [0, 0.05) is 17.8 Å². The lowest BCUT2D eigenvalue weighted by molar-refractivity contribution is -0.385. The highest BCUT2D eigenvalue weighted by molar-refractivity contribution is 9.09. The lowest BCUT2D eigenvalue weighted by Gasteiger charge is -1.99. The summed E-state index contributed by atoms with van der Waals surface area (Å²) in [6.45, 7) is 1.72. The smallest absolute Gasteiger partial charge is 0.258 e. The zero-order valence-corrected chi connectivity index (χ0v) is 10.8. The molecule has 0 radical (unpaired) electrons. The van der Waals surface area contributed by atoms with Gasteiger partial charge in [-0.05, 0) is 6.92 Å². The van der Waals surface area contributed by atoms with E-state index in [1.165, 1.54) is 6.07 Å². The second-order valence-electron chi connectivity index (χ2n) is 2.93. The standard InChI is InChI=1S/C10H8BrClN2O2/c1-7-8(4-2-3-5-11)6-9(14(15)16)10(12)13-7/h6H,3,5H2,1H3. The molecule has 0 saturated carbocycles. The Morgan fingerprint density at radius 2 is 2.38 bits per heavy atom. The van der Waals surface area contributed by atoms with E-state index in [0.717, 1.165) is 5.33 Å². The first kappa shape index (κ1) is 12.9. The van der Waals surface area contributed by atoms with Crippen molar-refractivity contribution in [3.8, 4) is 11.8 Å². The van der Waals surface area contributed by atoms with E-state index in [1.807, 2.05) is 0 Å². The number of halogens is 2. The molecule has 0 bridgehead atoms. The SMILES string of the molecule is Cc1nc(Cl)c([N+](=O)[O-])cc1C#CCCBr. The maximum Gasteiger partial charge on any atom is 0.307 e. The van der Waals surface area contributed by atoms with Crippen molar-refractivity contribution < 1.29 is 4.92 Å². The van der Waals surface area contributed by atoms with Crippen LogP contribution in [0, 0.1) is 28.9 Å². The van der Waals surface area contributed by atoms with Crippen LogP contribution in [0.5, 0.6) is 0 Å². The van der Waals surface area contributed by atoms with Crippen LogP contribution in [-0.2, 0) is 0 Å². The van der Waals surface area contributed by atoms with Gasteiger partial charge in [-0.15, -0.1) is 0 Å². The van der Waals surface area contributed by atoms with Gasteiger partial charge in [0.25, 0.3) is 0 Å². The Bertz CT molecular complexity index is 480. The van der Waals surface area contributed by atoms with Gasteiger partial charge in [0.1, 0.15) is 0 Å². The number of rotatable bonds is 2. The van der Waals surface area contributed by atoms with E-state index in [-0.39, 0.29) is 10.8 Å². The van der Waals surface area contributed by atoms with E-state index in [9.17, 15) is 10.1 Å². The fourth-order valence-electron chi connectivity index (χ4n) is 1.02. The van der Waals surface area contributed by atoms with E-state index in [4.69, 9.17) is 11.6 Å². The molecule has 16 heavy (non-hydrogen) atoms. The maximum atomic E-state index is 10.6. The van der Waals surface area contributed by atoms with E-state index in [0.29, 0.717) is 17.7 Å². The topological polar surface area (TPSA) is 56.0 Å². The van der Waals surface area contributed by atoms with Gasteiger partial charge in [0.15, 0.2) is 0 Å². The zero-order chi connectivity index (χ0) is 12.1. The van der Waals surface area contributed by atoms with Crippen molar-refractivity contribution in [2.24, 2.45) is 0 Å². The molecule has 0 saturated heterocycles. The first-order chi connectivity index (χ1) is 7.56. The molecule has 6 heteroatoms. The highest BCUT2D eigenvalue weighted by atomic mass is 79.9. The molecule has 0 amide bonds. The quantitative estimate of drug-likeness (QED) is 0.277. The number of hydrogen-bond donors (Lipinski definition) is 0. The van der Waals surface area contributed by atoms with Gasteiger partial charge in [-0.1, -0.05) is 39.4 Å². The Labute approximate surface area is 106 Å². The van der Waals surface area contributed by atoms with Crippen LogP contribution in [-0.4, -0.2) is 15.2 Å². The lowest BCUT2D eigenvalue weighted by Crippen LogP contribution is -1.96. The molecule has 0 spiro atoms. The molecule has 84 valence electrons. The van der Waals surface area contributed by atoms with E-state index in [1.54, 1.807) is 6.92 Å². The van der Waals surface area contributed by atoms with Gasteiger partial charge in [-0.25, -0.2) is 4.98 Å². The van der Waals surface area contributed by atoms with Crippen LogP contribution in [0.1, 0.15) is 17.7 Å². The molecule has 0 N–H and O–H groups in total. The highest BCUT2D eigenvalue weighted by Gasteiger charge is 2.15. The summed E-state index contributed by atoms with van der Waals surface area (Å²) < 4.78 is 0. The van der Waals surface area contributed by atoms with Gasteiger partial charge >= 0.3 is 5.69 Å². The van der Waals surface area contributed by atoms with Crippen LogP contribution in [0.15, 0.2) is 6.07 Å². The van der Waals surface area contributed by atoms with Crippen molar-refractivity contribution in [2.45, 2.75) is 13.3 Å². The average Bonchev–Trinajstić information content (AvgIpc) is 2.21. The Kier molecular flexibility index (Phi) is 4.71. The van der Waals surface area contributed by atoms with Crippen molar-refractivity contribution in [3.63, 3.8) is 0 Å². The van der Waals surface area contributed by atoms with Crippen molar-refractivity contribution in [2.75, 3.05) is 5.33 Å². The van der Waals surface area contributed by atoms with E-state index in [2.05, 4.69) is 32.8 Å². The molecular formula is C10H8BrClN2O2. The number of alkyl halides is 1. The third-order valence-corrected chi connectivity index (χ3v) is 2.46. The van der Waals surface area contributed by atoms with Crippen LogP contribution >= 0.6 is 27.5 Å². The molecule has 0 aliphatic rings. The Morgan fingerprint density at radius 3 is 2.94 bits per heavy atom. The van der Waals surface area contributed by atoms with E-state index >= 15 is 0 Å². The number of hydrogen-bond acceptors (Lipinski definition) is 3. The fraction of sp³-hybridized carbons (Fsp3) is 0.300. The van der Waals surface area contributed by atoms with E-state index < -0.39 is 4.92 Å². The summed E-state index contributed by atoms with van der Waals surface area (Å²) in [7, 11) is 0. The minimum Gasteiger partial charge on any atom is -0.258 e. The number of nitrogens with zero attached hydrogens (tertiary/aromatic N) is 2. The van der Waals surface area contributed by atoms with Gasteiger partial charge in [-0.2, -0.15) is 0 Å². The second-order valence-corrected chi connectivity index (χ2v) is 4.08. The van der Waals surface area contributed by atoms with Crippen LogP contribution in [0.25, 0.3) is 0 Å². The molecule has 1 aromatic heterocycles. The highest BCUT2D eigenvalue weighted by Crippen LogP contribution is 2.24. The monoisotopic (exact) mass is 302 g/mol. The summed E-state index contributed by atoms with van der Waals surface area (Å²) in [6, 6.07) is 1.35. The van der Waals surface area contributed by atoms with Gasteiger partial charge < -0.3 is 0 Å². The van der Waals surface area contributed by atoms with Crippen LogP contribution < -0.4 is 0 Å². The van der Waals surface area contributed by atoms with Gasteiger partial charge in [-0.3, -0.25) is 10.1 Å². The van der Waals surface area contributed by atoms with Crippen LogP contribution in [0.3, 0.4) is 0 Å². The van der Waals surface area contributed by atoms with Crippen molar-refractivity contribution in [3.05, 3.63) is 32.6 Å². The molecule has 1 aromatic rings. The summed E-state index contributed by atoms with van der Waals surface area (Å²) in [5.74, 6) is 5.71. The number of aryl methyl sites for hydroxylation is 1. The molecule has 4 nitrogen and oxygen atoms in total. The molecule has 0 unspecified atom stereocenters. The summed E-state index contributed by atoms with van der Waals surface area (Å²) >= 11 is 8.89. The Hall–Kier alpha value is -1.12. The normalized spacial score (nSPS) is 9.44. The van der Waals surface area contributed by atoms with Crippen LogP contribution in [0.2, 0.25) is 5.15 Å². The number of pyridine rings is 1. The minimum absolute atomic E-state index is 0.103. The first-order valence-corrected chi connectivity index (χ1v) is 5.92. The summed E-state index contributed by atoms with van der Waals surface area (Å²) in [4.78, 5) is 14.0. The average molecular weight is 304 g/mol. The number of nitro groups is 1. The van der Waals surface area contributed by atoms with Gasteiger partial charge in [0.2, 0.25) is 5.15 Å². The molecule has 0 atom stereocenters. The number of aromatic nitrogens is 1. The zero-order valence-electron chi connectivity index (χ0n) is 8.46. The summed E-state index contributed by atoms with van der Waals surface area (Å²) in [5, 5.41) is 11.3. The van der Waals surface area contributed by atoms with Crippen molar-refractivity contribution >= 4 is 33.2 Å². The largest absolute Gasteiger partial charge is 0.307 e. The molecule has 0 fully saturated rings. The van der Waals surface area contributed by atoms with Crippen LogP contribution in [0.4, 0.5) is 5.69 Å². The third-order valence-electron chi connectivity index (χ3n) is 1.79. The fourth-order valence-corrected chi connectivity index (χ4v) is 1.47. The van der Waals surface area contributed by atoms with Crippen molar-refractivity contribution in [1.82, 2.24) is 4.98 Å². The molecule has 0 aliphatic heterocycles. The Balaban J connectivity index is 3.16. The third kappa shape index (κ3) is 3.19. The molecule has 0 aliphatic carbocycles. The molecule has 1 rings (SSSR count). The summed E-state index contributed by atoms with van der Waals surface area (Å²) in [5.41, 5.74) is 0.921. The predicted octanol–water partition coefficient (Wildman–Crippen LogP) is 3.09. The molecular weight excluding hydrogens is 295 g/mol.